The Balaban J connectivity index is 0.000000265. The van der Waals surface area contributed by atoms with Crippen LogP contribution in [-0.4, -0.2) is 197 Å². The molecule has 0 radical (unpaired) electrons. The topological polar surface area (TPSA) is 331 Å². The van der Waals surface area contributed by atoms with Gasteiger partial charge in [0.2, 0.25) is 64.5 Å². The summed E-state index contributed by atoms with van der Waals surface area (Å²) in [6.45, 7) is 13.3. The van der Waals surface area contributed by atoms with Crippen LogP contribution in [0.3, 0.4) is 0 Å². The van der Waals surface area contributed by atoms with Gasteiger partial charge in [-0.2, -0.15) is 8.61 Å². The molecule has 5 N–H and O–H groups in total. The van der Waals surface area contributed by atoms with Gasteiger partial charge >= 0.3 is 12.2 Å². The van der Waals surface area contributed by atoms with Crippen molar-refractivity contribution in [3.8, 4) is 0 Å². The molecule has 6 fully saturated rings. The fraction of sp³-hybridized carbons (Fsp3) is 0.814. The molecule has 0 aromatic heterocycles. The van der Waals surface area contributed by atoms with Crippen molar-refractivity contribution in [3.63, 3.8) is 0 Å². The first-order valence-electron chi connectivity index (χ1n) is 23.9. The van der Waals surface area contributed by atoms with Crippen molar-refractivity contribution in [1.29, 1.82) is 0 Å². The van der Waals surface area contributed by atoms with E-state index in [0.717, 1.165) is 8.61 Å². The van der Waals surface area contributed by atoms with Gasteiger partial charge < -0.3 is 29.9 Å². The molecular weight excluding hydrogens is 1030 g/mol. The van der Waals surface area contributed by atoms with Gasteiger partial charge in [-0.3, -0.25) is 44.7 Å². The lowest BCUT2D eigenvalue weighted by Crippen LogP contribution is -2.55. The molecule has 29 heteroatoms. The molecule has 6 aliphatic heterocycles. The quantitative estimate of drug-likeness (QED) is 0.160. The summed E-state index contributed by atoms with van der Waals surface area (Å²) in [5.41, 5.74) is -1.14. The van der Waals surface area contributed by atoms with Gasteiger partial charge in [0.05, 0.1) is 21.8 Å². The average Bonchev–Trinajstić information content (AvgIpc) is 3.28. The van der Waals surface area contributed by atoms with E-state index in [9.17, 15) is 63.6 Å². The number of hydrogen-bond acceptors (Lipinski definition) is 18. The number of hydrogen-bond donors (Lipinski definition) is 5. The van der Waals surface area contributed by atoms with Gasteiger partial charge in [0.15, 0.2) is 0 Å². The molecule has 6 rings (SSSR count). The summed E-state index contributed by atoms with van der Waals surface area (Å²) in [4.78, 5) is 94.2. The molecule has 0 aliphatic carbocycles. The van der Waals surface area contributed by atoms with Gasteiger partial charge in [0.25, 0.3) is 0 Å². The zero-order valence-corrected chi connectivity index (χ0v) is 45.8. The molecule has 412 valence electrons. The van der Waals surface area contributed by atoms with Crippen LogP contribution in [0, 0.1) is 0 Å². The SMILES string of the molecule is CC(C)(C)OC(=O)N1CCC(S(=O)(=O)Cl)CC1.CN(C1CCC(=O)NC1=O)S(=O)(=O)C1CCN(C(=O)OC(C)(C)C)CC1.CN(C1CCC(=O)NC1=O)S(=O)(=O)C1CCNCC1.CNC1CCC(=O)NC1=O. The number of carbonyl (C=O) groups is 8. The third-order valence-corrected chi connectivity index (χ3v) is 19.2. The van der Waals surface area contributed by atoms with Gasteiger partial charge in [-0.15, -0.1) is 0 Å². The van der Waals surface area contributed by atoms with E-state index in [1.54, 1.807) is 48.6 Å². The molecule has 0 bridgehead atoms. The molecule has 0 aromatic carbocycles. The number of likely N-dealkylation sites (tertiary alicyclic amines) is 2. The number of halogens is 1. The molecule has 8 amide bonds. The predicted octanol–water partition coefficient (Wildman–Crippen LogP) is 0.223. The third kappa shape index (κ3) is 19.0. The van der Waals surface area contributed by atoms with Crippen LogP contribution in [0.1, 0.15) is 119 Å². The summed E-state index contributed by atoms with van der Waals surface area (Å²) in [7, 11) is -0.931. The lowest BCUT2D eigenvalue weighted by atomic mass is 10.1. The average molecular weight is 1100 g/mol. The van der Waals surface area contributed by atoms with Crippen molar-refractivity contribution in [2.45, 2.75) is 164 Å². The molecule has 0 spiro atoms. The molecule has 6 saturated heterocycles. The number of likely N-dealkylation sites (N-methyl/N-ethyl adjacent to an activating group) is 3. The van der Waals surface area contributed by atoms with E-state index in [-0.39, 0.29) is 81.3 Å². The summed E-state index contributed by atoms with van der Waals surface area (Å²) >= 11 is 0. The van der Waals surface area contributed by atoms with Crippen LogP contribution in [-0.2, 0) is 67.3 Å². The van der Waals surface area contributed by atoms with Gasteiger partial charge in [-0.05, 0) is 119 Å². The van der Waals surface area contributed by atoms with E-state index in [2.05, 4.69) is 26.6 Å². The molecule has 72 heavy (non-hydrogen) atoms. The Labute approximate surface area is 427 Å². The Bertz CT molecular complexity index is 2310. The van der Waals surface area contributed by atoms with Crippen LogP contribution in [0.15, 0.2) is 0 Å². The highest BCUT2D eigenvalue weighted by molar-refractivity contribution is 8.14. The smallest absolute Gasteiger partial charge is 0.410 e. The molecule has 3 unspecified atom stereocenters. The molecule has 6 heterocycles. The fourth-order valence-electron chi connectivity index (χ4n) is 8.25. The highest BCUT2D eigenvalue weighted by Crippen LogP contribution is 2.27. The zero-order chi connectivity index (χ0) is 54.6. The summed E-state index contributed by atoms with van der Waals surface area (Å²) in [5, 5.41) is 10.9. The number of imide groups is 3. The minimum Gasteiger partial charge on any atom is -0.444 e. The first-order valence-corrected chi connectivity index (χ1v) is 29.3. The minimum absolute atomic E-state index is 0.118. The lowest BCUT2D eigenvalue weighted by molar-refractivity contribution is -0.137. The predicted molar refractivity (Wildman–Crippen MR) is 263 cm³/mol. The van der Waals surface area contributed by atoms with Crippen LogP contribution in [0.4, 0.5) is 9.59 Å². The monoisotopic (exact) mass is 1100 g/mol. The standard InChI is InChI=1S/C16H27N3O6S.C11H19N3O4S.C10H18ClNO4S.C6H10N2O2/c1-16(2,3)25-15(22)19-9-7-11(8-10-19)26(23,24)18(4)12-5-6-13(20)17-14(12)21;1-14(9-2-3-10(15)13-11(9)16)19(17,18)8-4-6-12-7-5-8;1-10(2,3)16-9(13)12-6-4-8(5-7-12)17(11,14)15;1-7-4-2-3-5(9)8-6(4)10/h11-12H,5-10H2,1-4H3,(H,17,20,21);8-9,12H,2-7H2,1H3,(H,13,15,16);8H,4-7H2,1-3H3;4,7H,2-3H2,1H3,(H,8,9,10). The summed E-state index contributed by atoms with van der Waals surface area (Å²) in [6.07, 6.45) is 3.33. The first kappa shape index (κ1) is 62.2. The summed E-state index contributed by atoms with van der Waals surface area (Å²) < 4.78 is 85.5. The Hall–Kier alpha value is -4.06. The maximum absolute atomic E-state index is 12.8. The van der Waals surface area contributed by atoms with Crippen molar-refractivity contribution in [3.05, 3.63) is 0 Å². The number of amides is 8. The van der Waals surface area contributed by atoms with E-state index in [4.69, 9.17) is 20.2 Å². The number of sulfonamides is 2. The number of ether oxygens (including phenoxy) is 2. The maximum atomic E-state index is 12.8. The van der Waals surface area contributed by atoms with Gasteiger partial charge in [0.1, 0.15) is 23.3 Å². The molecule has 0 aromatic rings. The van der Waals surface area contributed by atoms with E-state index in [0.29, 0.717) is 64.7 Å². The van der Waals surface area contributed by atoms with Crippen molar-refractivity contribution >= 4 is 87.4 Å². The van der Waals surface area contributed by atoms with Gasteiger partial charge in [-0.25, -0.2) is 34.8 Å². The Morgan fingerprint density at radius 3 is 1.21 bits per heavy atom. The highest BCUT2D eigenvalue weighted by atomic mass is 35.7. The molecule has 6 aliphatic rings. The Morgan fingerprint density at radius 2 is 0.889 bits per heavy atom. The van der Waals surface area contributed by atoms with Crippen LogP contribution >= 0.6 is 10.7 Å². The number of nitrogens with zero attached hydrogens (tertiary/aromatic N) is 4. The third-order valence-electron chi connectivity index (χ3n) is 12.4. The van der Waals surface area contributed by atoms with Gasteiger partial charge in [0, 0.05) is 70.2 Å². The van der Waals surface area contributed by atoms with Crippen molar-refractivity contribution in [2.75, 3.05) is 60.4 Å². The van der Waals surface area contributed by atoms with E-state index < -0.39 is 92.1 Å². The number of piperidine rings is 6. The largest absolute Gasteiger partial charge is 0.444 e. The van der Waals surface area contributed by atoms with E-state index >= 15 is 0 Å². The lowest BCUT2D eigenvalue weighted by Gasteiger charge is -2.36. The number of nitrogens with one attached hydrogen (secondary N) is 5. The zero-order valence-electron chi connectivity index (χ0n) is 42.6. The molecule has 25 nitrogen and oxygen atoms in total. The number of rotatable bonds is 8. The van der Waals surface area contributed by atoms with Gasteiger partial charge in [-0.1, -0.05) is 0 Å². The highest BCUT2D eigenvalue weighted by Gasteiger charge is 2.42. The Morgan fingerprint density at radius 1 is 0.556 bits per heavy atom. The van der Waals surface area contributed by atoms with Crippen molar-refractivity contribution in [2.24, 2.45) is 0 Å². The van der Waals surface area contributed by atoms with Crippen LogP contribution in [0.2, 0.25) is 0 Å². The second-order valence-corrected chi connectivity index (χ2v) is 27.6. The number of carbonyl (C=O) groups excluding carboxylic acids is 8. The van der Waals surface area contributed by atoms with Crippen molar-refractivity contribution in [1.82, 2.24) is 45.0 Å². The second-order valence-electron chi connectivity index (χ2n) is 20.1. The fourth-order valence-corrected chi connectivity index (χ4v) is 13.3. The normalized spacial score (nSPS) is 23.5. The molecule has 0 saturated carbocycles. The van der Waals surface area contributed by atoms with Crippen LogP contribution in [0.25, 0.3) is 0 Å². The van der Waals surface area contributed by atoms with E-state index in [1.807, 2.05) is 0 Å². The van der Waals surface area contributed by atoms with Crippen molar-refractivity contribution < 1.29 is 73.1 Å². The first-order chi connectivity index (χ1) is 33.2. The maximum Gasteiger partial charge on any atom is 0.410 e. The minimum atomic E-state index is -3.71. The summed E-state index contributed by atoms with van der Waals surface area (Å²) in [5.74, 6) is -2.21. The molecular formula is C43H74ClN9O16S3. The van der Waals surface area contributed by atoms with E-state index in [1.165, 1.54) is 23.9 Å². The molecule has 3 atom stereocenters. The van der Waals surface area contributed by atoms with Crippen LogP contribution in [0.5, 0.6) is 0 Å². The summed E-state index contributed by atoms with van der Waals surface area (Å²) in [6, 6.07) is -1.82. The Kier molecular flexibility index (Phi) is 22.8. The second kappa shape index (κ2) is 26.4. The van der Waals surface area contributed by atoms with Crippen LogP contribution < -0.4 is 26.6 Å².